The Balaban J connectivity index is 1.51. The highest BCUT2D eigenvalue weighted by Gasteiger charge is 2.19. The Hall–Kier alpha value is -3.78. The van der Waals surface area contributed by atoms with Crippen LogP contribution in [0.1, 0.15) is 48.3 Å². The Labute approximate surface area is 178 Å². The summed E-state index contributed by atoms with van der Waals surface area (Å²) in [7, 11) is 0. The van der Waals surface area contributed by atoms with Crippen LogP contribution in [0.4, 0.5) is 0 Å². The summed E-state index contributed by atoms with van der Waals surface area (Å²) in [6, 6.07) is 15.6. The van der Waals surface area contributed by atoms with E-state index in [1.807, 2.05) is 31.2 Å². The summed E-state index contributed by atoms with van der Waals surface area (Å²) < 4.78 is 10.5. The molecular formula is C23H22N4O4. The van der Waals surface area contributed by atoms with Crippen molar-refractivity contribution in [3.05, 3.63) is 77.5 Å². The molecule has 0 fully saturated rings. The molecule has 0 bridgehead atoms. The van der Waals surface area contributed by atoms with Gasteiger partial charge < -0.3 is 15.2 Å². The highest BCUT2D eigenvalue weighted by atomic mass is 16.6. The number of aromatic nitrogens is 3. The summed E-state index contributed by atoms with van der Waals surface area (Å²) in [5.41, 5.74) is 2.26. The van der Waals surface area contributed by atoms with Crippen molar-refractivity contribution in [1.29, 1.82) is 0 Å². The lowest BCUT2D eigenvalue weighted by molar-refractivity contribution is 0.0785. The van der Waals surface area contributed by atoms with Gasteiger partial charge in [-0.2, -0.15) is 0 Å². The Morgan fingerprint density at radius 1 is 1.10 bits per heavy atom. The lowest BCUT2D eigenvalue weighted by atomic mass is 9.96. The molecular weight excluding hydrogens is 396 g/mol. The number of nitrogens with one attached hydrogen (secondary N) is 1. The van der Waals surface area contributed by atoms with E-state index >= 15 is 0 Å². The summed E-state index contributed by atoms with van der Waals surface area (Å²) in [6.45, 7) is 5.35. The van der Waals surface area contributed by atoms with E-state index in [2.05, 4.69) is 20.6 Å². The van der Waals surface area contributed by atoms with Crippen molar-refractivity contribution in [2.24, 2.45) is 0 Å². The molecule has 0 radical (unpaired) electrons. The maximum atomic E-state index is 12.9. The number of rotatable bonds is 6. The lowest BCUT2D eigenvalue weighted by Gasteiger charge is -2.20. The normalized spacial score (nSPS) is 12.5. The fourth-order valence-electron chi connectivity index (χ4n) is 3.12. The van der Waals surface area contributed by atoms with Crippen molar-refractivity contribution in [2.75, 3.05) is 0 Å². The van der Waals surface area contributed by atoms with Gasteiger partial charge in [0.2, 0.25) is 5.88 Å². The highest BCUT2D eigenvalue weighted by molar-refractivity contribution is 5.96. The minimum absolute atomic E-state index is 0.181. The van der Waals surface area contributed by atoms with Gasteiger partial charge in [-0.3, -0.25) is 4.79 Å². The zero-order valence-corrected chi connectivity index (χ0v) is 17.4. The number of benzene rings is 2. The van der Waals surface area contributed by atoms with Crippen LogP contribution in [0.2, 0.25) is 0 Å². The minimum Gasteiger partial charge on any atom is -0.438 e. The van der Waals surface area contributed by atoms with Crippen molar-refractivity contribution < 1.29 is 19.3 Å². The third kappa shape index (κ3) is 4.54. The van der Waals surface area contributed by atoms with Crippen molar-refractivity contribution in [3.8, 4) is 11.6 Å². The number of ether oxygens (including phenoxy) is 1. The second-order valence-electron chi connectivity index (χ2n) is 7.75. The third-order valence-electron chi connectivity index (χ3n) is 4.92. The van der Waals surface area contributed by atoms with E-state index < -0.39 is 5.60 Å². The van der Waals surface area contributed by atoms with E-state index in [-0.39, 0.29) is 17.8 Å². The average molecular weight is 418 g/mol. The maximum Gasteiger partial charge on any atom is 0.257 e. The van der Waals surface area contributed by atoms with Crippen LogP contribution in [0.5, 0.6) is 11.6 Å². The Bertz CT molecular complexity index is 1210. The number of fused-ring (bicyclic) bond motifs is 1. The summed E-state index contributed by atoms with van der Waals surface area (Å²) in [5.74, 6) is 0.331. The SMILES string of the molecule is C[C@H](NC(=O)c1cccnc1Oc1ccc2nonc2c1)c1ccc(C(C)(C)O)cc1. The molecule has 2 aromatic carbocycles. The molecule has 0 spiro atoms. The Kier molecular flexibility index (Phi) is 5.39. The number of nitrogens with zero attached hydrogens (tertiary/aromatic N) is 3. The van der Waals surface area contributed by atoms with E-state index in [4.69, 9.17) is 9.37 Å². The van der Waals surface area contributed by atoms with Gasteiger partial charge in [0.15, 0.2) is 0 Å². The second-order valence-corrected chi connectivity index (χ2v) is 7.75. The van der Waals surface area contributed by atoms with E-state index in [1.54, 1.807) is 50.4 Å². The van der Waals surface area contributed by atoms with Crippen LogP contribution in [-0.2, 0) is 5.60 Å². The number of aliphatic hydroxyl groups is 1. The molecule has 2 aromatic heterocycles. The Morgan fingerprint density at radius 2 is 1.84 bits per heavy atom. The van der Waals surface area contributed by atoms with E-state index in [0.717, 1.165) is 11.1 Å². The first-order valence-electron chi connectivity index (χ1n) is 9.80. The van der Waals surface area contributed by atoms with Crippen LogP contribution in [0.3, 0.4) is 0 Å². The summed E-state index contributed by atoms with van der Waals surface area (Å²) in [6.07, 6.45) is 1.56. The number of pyridine rings is 1. The molecule has 0 saturated heterocycles. The first-order chi connectivity index (χ1) is 14.8. The summed E-state index contributed by atoms with van der Waals surface area (Å²) in [5, 5.41) is 20.6. The molecule has 4 rings (SSSR count). The van der Waals surface area contributed by atoms with Gasteiger partial charge >= 0.3 is 0 Å². The smallest absolute Gasteiger partial charge is 0.257 e. The van der Waals surface area contributed by atoms with E-state index in [0.29, 0.717) is 22.3 Å². The molecule has 2 heterocycles. The zero-order chi connectivity index (χ0) is 22.0. The molecule has 8 nitrogen and oxygen atoms in total. The van der Waals surface area contributed by atoms with Crippen LogP contribution in [0.25, 0.3) is 11.0 Å². The van der Waals surface area contributed by atoms with Gasteiger partial charge in [0, 0.05) is 12.3 Å². The van der Waals surface area contributed by atoms with Crippen molar-refractivity contribution >= 4 is 16.9 Å². The van der Waals surface area contributed by atoms with Gasteiger partial charge in [-0.1, -0.05) is 24.3 Å². The van der Waals surface area contributed by atoms with Crippen LogP contribution < -0.4 is 10.1 Å². The quantitative estimate of drug-likeness (QED) is 0.484. The molecule has 0 aliphatic heterocycles. The molecule has 1 amide bonds. The fourth-order valence-corrected chi connectivity index (χ4v) is 3.12. The molecule has 31 heavy (non-hydrogen) atoms. The van der Waals surface area contributed by atoms with Crippen LogP contribution in [0.15, 0.2) is 65.4 Å². The van der Waals surface area contributed by atoms with Crippen LogP contribution >= 0.6 is 0 Å². The predicted octanol–water partition coefficient (Wildman–Crippen LogP) is 4.13. The first-order valence-corrected chi connectivity index (χ1v) is 9.80. The third-order valence-corrected chi connectivity index (χ3v) is 4.92. The van der Waals surface area contributed by atoms with Crippen molar-refractivity contribution in [1.82, 2.24) is 20.6 Å². The summed E-state index contributed by atoms with van der Waals surface area (Å²) in [4.78, 5) is 17.1. The van der Waals surface area contributed by atoms with Crippen molar-refractivity contribution in [2.45, 2.75) is 32.4 Å². The molecule has 0 saturated carbocycles. The zero-order valence-electron chi connectivity index (χ0n) is 17.4. The van der Waals surface area contributed by atoms with Gasteiger partial charge in [0.1, 0.15) is 22.3 Å². The van der Waals surface area contributed by atoms with Crippen molar-refractivity contribution in [3.63, 3.8) is 0 Å². The second kappa shape index (κ2) is 8.16. The van der Waals surface area contributed by atoms with Gasteiger partial charge in [-0.05, 0) is 66.5 Å². The van der Waals surface area contributed by atoms with E-state index in [9.17, 15) is 9.90 Å². The predicted molar refractivity (Wildman–Crippen MR) is 114 cm³/mol. The standard InChI is InChI=1S/C23H22N4O4/c1-14(15-6-8-16(9-7-15)23(2,3)29)25-21(28)18-5-4-12-24-22(18)30-17-10-11-19-20(13-17)27-31-26-19/h4-14,29H,1-3H3,(H,25,28)/t14-/m0/s1. The van der Waals surface area contributed by atoms with Crippen LogP contribution in [0, 0.1) is 0 Å². The Morgan fingerprint density at radius 3 is 2.58 bits per heavy atom. The molecule has 158 valence electrons. The monoisotopic (exact) mass is 418 g/mol. The average Bonchev–Trinajstić information content (AvgIpc) is 3.21. The summed E-state index contributed by atoms with van der Waals surface area (Å²) >= 11 is 0. The van der Waals surface area contributed by atoms with Gasteiger partial charge in [-0.25, -0.2) is 9.61 Å². The van der Waals surface area contributed by atoms with E-state index in [1.165, 1.54) is 0 Å². The number of amides is 1. The lowest BCUT2D eigenvalue weighted by Crippen LogP contribution is -2.27. The fraction of sp³-hybridized carbons (Fsp3) is 0.217. The molecule has 0 unspecified atom stereocenters. The molecule has 8 heteroatoms. The minimum atomic E-state index is -0.919. The van der Waals surface area contributed by atoms with Gasteiger partial charge in [0.25, 0.3) is 5.91 Å². The number of hydrogen-bond donors (Lipinski definition) is 2. The molecule has 0 aliphatic rings. The molecule has 2 N–H and O–H groups in total. The van der Waals surface area contributed by atoms with Crippen LogP contribution in [-0.4, -0.2) is 26.3 Å². The van der Waals surface area contributed by atoms with Gasteiger partial charge in [-0.15, -0.1) is 0 Å². The number of carbonyl (C=O) groups excluding carboxylic acids is 1. The number of carbonyl (C=O) groups is 1. The largest absolute Gasteiger partial charge is 0.438 e. The molecule has 0 aliphatic carbocycles. The van der Waals surface area contributed by atoms with Gasteiger partial charge in [0.05, 0.1) is 11.6 Å². The maximum absolute atomic E-state index is 12.9. The topological polar surface area (TPSA) is 110 Å². The first kappa shape index (κ1) is 20.5. The number of hydrogen-bond acceptors (Lipinski definition) is 7. The molecule has 1 atom stereocenters. The highest BCUT2D eigenvalue weighted by Crippen LogP contribution is 2.26. The molecule has 4 aromatic rings.